The van der Waals surface area contributed by atoms with Gasteiger partial charge >= 0.3 is 0 Å². The first-order valence-corrected chi connectivity index (χ1v) is 10.2. The van der Waals surface area contributed by atoms with Gasteiger partial charge in [-0.2, -0.15) is 5.26 Å². The monoisotopic (exact) mass is 388 g/mol. The van der Waals surface area contributed by atoms with Crippen LogP contribution in [0.5, 0.6) is 0 Å². The van der Waals surface area contributed by atoms with E-state index in [2.05, 4.69) is 27.0 Å². The molecule has 0 aromatic carbocycles. The summed E-state index contributed by atoms with van der Waals surface area (Å²) in [6, 6.07) is 8.35. The highest BCUT2D eigenvalue weighted by Gasteiger charge is 2.45. The number of rotatable bonds is 5. The predicted octanol–water partition coefficient (Wildman–Crippen LogP) is 2.96. The van der Waals surface area contributed by atoms with E-state index in [0.717, 1.165) is 54.0 Å². The highest BCUT2D eigenvalue weighted by Crippen LogP contribution is 2.34. The second-order valence-corrected chi connectivity index (χ2v) is 8.17. The van der Waals surface area contributed by atoms with E-state index in [-0.39, 0.29) is 5.54 Å². The molecule has 5 rings (SSSR count). The summed E-state index contributed by atoms with van der Waals surface area (Å²) in [7, 11) is 0. The van der Waals surface area contributed by atoms with Crippen LogP contribution in [0, 0.1) is 17.2 Å². The SMILES string of the molecule is N#CCC1(N2CCC[C@H](Cc3ncccc3-c3cnc4[nH]ccc4n3)C2)COC1. The number of likely N-dealkylation sites (tertiary alicyclic amines) is 1. The van der Waals surface area contributed by atoms with E-state index in [9.17, 15) is 5.26 Å². The van der Waals surface area contributed by atoms with E-state index in [1.165, 1.54) is 6.42 Å². The molecule has 29 heavy (non-hydrogen) atoms. The van der Waals surface area contributed by atoms with Crippen molar-refractivity contribution in [3.05, 3.63) is 42.5 Å². The summed E-state index contributed by atoms with van der Waals surface area (Å²) in [6.45, 7) is 3.39. The molecular formula is C22H24N6O. The maximum atomic E-state index is 9.26. The van der Waals surface area contributed by atoms with Crippen LogP contribution in [-0.4, -0.2) is 56.7 Å². The van der Waals surface area contributed by atoms with Gasteiger partial charge in [0.2, 0.25) is 0 Å². The van der Waals surface area contributed by atoms with Gasteiger partial charge < -0.3 is 9.72 Å². The Morgan fingerprint density at radius 1 is 1.31 bits per heavy atom. The van der Waals surface area contributed by atoms with Gasteiger partial charge in [0, 0.05) is 24.5 Å². The second kappa shape index (κ2) is 7.54. The first-order chi connectivity index (χ1) is 14.3. The average molecular weight is 388 g/mol. The molecule has 0 radical (unpaired) electrons. The number of hydrogen-bond acceptors (Lipinski definition) is 6. The first kappa shape index (κ1) is 18.2. The van der Waals surface area contributed by atoms with Crippen molar-refractivity contribution in [3.63, 3.8) is 0 Å². The molecule has 2 aliphatic heterocycles. The molecule has 3 aromatic heterocycles. The fourth-order valence-electron chi connectivity index (χ4n) is 4.61. The third-order valence-corrected chi connectivity index (χ3v) is 6.25. The van der Waals surface area contributed by atoms with Crippen molar-refractivity contribution in [3.8, 4) is 17.3 Å². The Balaban J connectivity index is 1.37. The van der Waals surface area contributed by atoms with Gasteiger partial charge in [-0.3, -0.25) is 9.88 Å². The van der Waals surface area contributed by atoms with E-state index in [1.54, 1.807) is 0 Å². The summed E-state index contributed by atoms with van der Waals surface area (Å²) in [5.41, 5.74) is 4.57. The van der Waals surface area contributed by atoms with Crippen LogP contribution in [0.3, 0.4) is 0 Å². The van der Waals surface area contributed by atoms with E-state index in [4.69, 9.17) is 14.7 Å². The number of piperidine rings is 1. The van der Waals surface area contributed by atoms with Crippen molar-refractivity contribution in [1.82, 2.24) is 24.8 Å². The Morgan fingerprint density at radius 2 is 2.24 bits per heavy atom. The van der Waals surface area contributed by atoms with Crippen molar-refractivity contribution in [2.75, 3.05) is 26.3 Å². The lowest BCUT2D eigenvalue weighted by Crippen LogP contribution is -2.64. The quantitative estimate of drug-likeness (QED) is 0.723. The summed E-state index contributed by atoms with van der Waals surface area (Å²) >= 11 is 0. The first-order valence-electron chi connectivity index (χ1n) is 10.2. The van der Waals surface area contributed by atoms with Gasteiger partial charge in [-0.15, -0.1) is 0 Å². The number of aromatic amines is 1. The number of nitrogens with one attached hydrogen (secondary N) is 1. The lowest BCUT2D eigenvalue weighted by atomic mass is 9.84. The van der Waals surface area contributed by atoms with Crippen LogP contribution < -0.4 is 0 Å². The molecule has 0 unspecified atom stereocenters. The zero-order valence-corrected chi connectivity index (χ0v) is 16.3. The van der Waals surface area contributed by atoms with Gasteiger partial charge in [-0.25, -0.2) is 9.97 Å². The maximum Gasteiger partial charge on any atom is 0.156 e. The number of aromatic nitrogens is 4. The van der Waals surface area contributed by atoms with Crippen LogP contribution >= 0.6 is 0 Å². The molecule has 2 saturated heterocycles. The highest BCUT2D eigenvalue weighted by atomic mass is 16.5. The molecule has 0 spiro atoms. The normalized spacial score (nSPS) is 21.6. The zero-order chi connectivity index (χ0) is 19.7. The fraction of sp³-hybridized carbons (Fsp3) is 0.455. The fourth-order valence-corrected chi connectivity index (χ4v) is 4.61. The maximum absolute atomic E-state index is 9.26. The summed E-state index contributed by atoms with van der Waals surface area (Å²) in [5.74, 6) is 0.512. The van der Waals surface area contributed by atoms with Gasteiger partial charge in [-0.05, 0) is 49.9 Å². The third-order valence-electron chi connectivity index (χ3n) is 6.25. The van der Waals surface area contributed by atoms with Crippen LogP contribution in [0.25, 0.3) is 22.4 Å². The average Bonchev–Trinajstić information content (AvgIpc) is 3.19. The van der Waals surface area contributed by atoms with E-state index in [1.807, 2.05) is 30.7 Å². The minimum absolute atomic E-state index is 0.0782. The van der Waals surface area contributed by atoms with Crippen LogP contribution in [0.4, 0.5) is 0 Å². The largest absolute Gasteiger partial charge is 0.377 e. The molecule has 1 atom stereocenters. The van der Waals surface area contributed by atoms with Crippen molar-refractivity contribution >= 4 is 11.2 Å². The number of hydrogen-bond donors (Lipinski definition) is 1. The standard InChI is InChI=1S/C22H24N6O/c23-7-6-22(14-29-15-22)28-10-2-3-16(13-28)11-19-17(4-1-8-24-19)20-12-26-21-18(27-20)5-9-25-21/h1,4-5,8-9,12,16H,2-3,6,10-11,13-15H2,(H,25,26)/t16-/m1/s1. The zero-order valence-electron chi connectivity index (χ0n) is 16.3. The molecular weight excluding hydrogens is 364 g/mol. The van der Waals surface area contributed by atoms with Crippen molar-refractivity contribution in [1.29, 1.82) is 5.26 Å². The molecule has 0 saturated carbocycles. The van der Waals surface area contributed by atoms with Crippen LogP contribution in [0.2, 0.25) is 0 Å². The number of pyridine rings is 1. The molecule has 0 aliphatic carbocycles. The van der Waals surface area contributed by atoms with E-state index < -0.39 is 0 Å². The Morgan fingerprint density at radius 3 is 3.07 bits per heavy atom. The summed E-state index contributed by atoms with van der Waals surface area (Å²) in [6.07, 6.45) is 9.31. The summed E-state index contributed by atoms with van der Waals surface area (Å²) < 4.78 is 5.48. The van der Waals surface area contributed by atoms with Gasteiger partial charge in [0.15, 0.2) is 5.65 Å². The van der Waals surface area contributed by atoms with Gasteiger partial charge in [0.1, 0.15) is 5.52 Å². The number of fused-ring (bicyclic) bond motifs is 1. The van der Waals surface area contributed by atoms with Crippen LogP contribution in [-0.2, 0) is 11.2 Å². The number of nitrogens with zero attached hydrogens (tertiary/aromatic N) is 5. The van der Waals surface area contributed by atoms with Crippen LogP contribution in [0.1, 0.15) is 25.0 Å². The Labute approximate surface area is 169 Å². The molecule has 148 valence electrons. The molecule has 3 aromatic rings. The molecule has 0 bridgehead atoms. The van der Waals surface area contributed by atoms with Gasteiger partial charge in [0.05, 0.1) is 48.8 Å². The van der Waals surface area contributed by atoms with E-state index >= 15 is 0 Å². The summed E-state index contributed by atoms with van der Waals surface area (Å²) in [4.78, 5) is 19.5. The highest BCUT2D eigenvalue weighted by molar-refractivity contribution is 5.74. The molecule has 2 fully saturated rings. The van der Waals surface area contributed by atoms with Crippen molar-refractivity contribution < 1.29 is 4.74 Å². The number of nitriles is 1. The lowest BCUT2D eigenvalue weighted by Gasteiger charge is -2.51. The van der Waals surface area contributed by atoms with Crippen molar-refractivity contribution in [2.45, 2.75) is 31.2 Å². The van der Waals surface area contributed by atoms with Crippen molar-refractivity contribution in [2.24, 2.45) is 5.92 Å². The number of ether oxygens (including phenoxy) is 1. The van der Waals surface area contributed by atoms with Gasteiger partial charge in [0.25, 0.3) is 0 Å². The molecule has 2 aliphatic rings. The number of H-pyrrole nitrogens is 1. The Kier molecular flexibility index (Phi) is 4.74. The summed E-state index contributed by atoms with van der Waals surface area (Å²) in [5, 5.41) is 9.26. The minimum atomic E-state index is -0.0782. The van der Waals surface area contributed by atoms with Crippen LogP contribution in [0.15, 0.2) is 36.8 Å². The lowest BCUT2D eigenvalue weighted by molar-refractivity contribution is -0.147. The van der Waals surface area contributed by atoms with Gasteiger partial charge in [-0.1, -0.05) is 0 Å². The molecule has 1 N–H and O–H groups in total. The Hall–Kier alpha value is -2.82. The molecule has 7 heteroatoms. The third kappa shape index (κ3) is 3.39. The smallest absolute Gasteiger partial charge is 0.156 e. The second-order valence-electron chi connectivity index (χ2n) is 8.17. The Bertz CT molecular complexity index is 1050. The molecule has 0 amide bonds. The van der Waals surface area contributed by atoms with E-state index in [0.29, 0.717) is 25.6 Å². The minimum Gasteiger partial charge on any atom is -0.377 e. The molecule has 7 nitrogen and oxygen atoms in total. The predicted molar refractivity (Wildman–Crippen MR) is 109 cm³/mol. The molecule has 5 heterocycles. The topological polar surface area (TPSA) is 90.7 Å².